The van der Waals surface area contributed by atoms with Gasteiger partial charge < -0.3 is 4.74 Å². The number of aromatic nitrogens is 2. The van der Waals surface area contributed by atoms with Crippen molar-refractivity contribution in [2.75, 3.05) is 7.11 Å². The first-order valence-electron chi connectivity index (χ1n) is 5.07. The molecule has 18 heavy (non-hydrogen) atoms. The predicted octanol–water partition coefficient (Wildman–Crippen LogP) is 3.22. The summed E-state index contributed by atoms with van der Waals surface area (Å²) < 4.78 is 31.1. The summed E-state index contributed by atoms with van der Waals surface area (Å²) >= 11 is 5.82. The minimum Gasteiger partial charge on any atom is -0.378 e. The molecule has 0 aliphatic rings. The molecule has 1 aromatic heterocycles. The van der Waals surface area contributed by atoms with Gasteiger partial charge in [-0.15, -0.1) is 0 Å². The van der Waals surface area contributed by atoms with Crippen molar-refractivity contribution in [1.82, 2.24) is 9.97 Å². The third kappa shape index (κ3) is 3.00. The van der Waals surface area contributed by atoms with Crippen LogP contribution in [0.5, 0.6) is 0 Å². The van der Waals surface area contributed by atoms with Gasteiger partial charge >= 0.3 is 0 Å². The summed E-state index contributed by atoms with van der Waals surface area (Å²) in [5.41, 5.74) is 0.768. The fourth-order valence-corrected chi connectivity index (χ4v) is 1.70. The Labute approximate surface area is 107 Å². The van der Waals surface area contributed by atoms with Gasteiger partial charge in [0.15, 0.2) is 5.82 Å². The maximum absolute atomic E-state index is 13.1. The van der Waals surface area contributed by atoms with Crippen molar-refractivity contribution in [2.45, 2.75) is 6.61 Å². The van der Waals surface area contributed by atoms with Crippen LogP contribution in [0.15, 0.2) is 24.3 Å². The van der Waals surface area contributed by atoms with E-state index in [0.29, 0.717) is 5.69 Å². The van der Waals surface area contributed by atoms with Gasteiger partial charge in [-0.2, -0.15) is 0 Å². The monoisotopic (exact) mass is 270 g/mol. The van der Waals surface area contributed by atoms with Gasteiger partial charge in [0.05, 0.1) is 12.3 Å². The van der Waals surface area contributed by atoms with Crippen molar-refractivity contribution in [3.8, 4) is 11.4 Å². The molecular weight excluding hydrogens is 262 g/mol. The Morgan fingerprint density at radius 2 is 1.78 bits per heavy atom. The van der Waals surface area contributed by atoms with Crippen LogP contribution in [-0.2, 0) is 11.3 Å². The molecule has 0 spiro atoms. The molecule has 94 valence electrons. The number of rotatable bonds is 3. The second kappa shape index (κ2) is 5.37. The Hall–Kier alpha value is -1.59. The van der Waals surface area contributed by atoms with E-state index in [-0.39, 0.29) is 23.1 Å². The summed E-state index contributed by atoms with van der Waals surface area (Å²) in [6, 6.07) is 4.60. The molecule has 0 N–H and O–H groups in total. The molecule has 0 aliphatic carbocycles. The van der Waals surface area contributed by atoms with Crippen LogP contribution in [0.3, 0.4) is 0 Å². The van der Waals surface area contributed by atoms with Gasteiger partial charge in [-0.3, -0.25) is 0 Å². The van der Waals surface area contributed by atoms with E-state index in [1.54, 1.807) is 0 Å². The van der Waals surface area contributed by atoms with Gasteiger partial charge in [0, 0.05) is 18.7 Å². The zero-order valence-corrected chi connectivity index (χ0v) is 10.2. The molecule has 0 fully saturated rings. The molecule has 0 saturated heterocycles. The molecule has 0 bridgehead atoms. The van der Waals surface area contributed by atoms with Crippen LogP contribution in [0, 0.1) is 11.6 Å². The highest BCUT2D eigenvalue weighted by Gasteiger charge is 2.09. The Balaban J connectivity index is 2.49. The smallest absolute Gasteiger partial charge is 0.161 e. The SMILES string of the molecule is COCc1cc(Cl)nc(-c2cc(F)cc(F)c2)n1. The molecule has 0 atom stereocenters. The first-order valence-corrected chi connectivity index (χ1v) is 5.45. The number of methoxy groups -OCH3 is 1. The van der Waals surface area contributed by atoms with Crippen molar-refractivity contribution in [3.63, 3.8) is 0 Å². The van der Waals surface area contributed by atoms with Crippen LogP contribution in [0.1, 0.15) is 5.69 Å². The number of hydrogen-bond acceptors (Lipinski definition) is 3. The van der Waals surface area contributed by atoms with Crippen LogP contribution in [0.25, 0.3) is 11.4 Å². The third-order valence-electron chi connectivity index (χ3n) is 2.16. The van der Waals surface area contributed by atoms with E-state index in [9.17, 15) is 8.78 Å². The van der Waals surface area contributed by atoms with Gasteiger partial charge in [-0.25, -0.2) is 18.7 Å². The molecule has 0 amide bonds. The fourth-order valence-electron chi connectivity index (χ4n) is 1.50. The standard InChI is InChI=1S/C12H9ClF2N2O/c1-18-6-10-5-11(13)17-12(16-10)7-2-8(14)4-9(15)3-7/h2-5H,6H2,1H3. The lowest BCUT2D eigenvalue weighted by atomic mass is 10.2. The highest BCUT2D eigenvalue weighted by atomic mass is 35.5. The quantitative estimate of drug-likeness (QED) is 0.803. The number of ether oxygens (including phenoxy) is 1. The van der Waals surface area contributed by atoms with Gasteiger partial charge in [0.1, 0.15) is 16.8 Å². The summed E-state index contributed by atoms with van der Waals surface area (Å²) in [6.07, 6.45) is 0. The minimum absolute atomic E-state index is 0.160. The van der Waals surface area contributed by atoms with Gasteiger partial charge in [0.25, 0.3) is 0 Å². The summed E-state index contributed by atoms with van der Waals surface area (Å²) in [5.74, 6) is -1.23. The van der Waals surface area contributed by atoms with Crippen molar-refractivity contribution in [1.29, 1.82) is 0 Å². The maximum Gasteiger partial charge on any atom is 0.161 e. The Kier molecular flexibility index (Phi) is 3.84. The lowest BCUT2D eigenvalue weighted by Gasteiger charge is -2.05. The van der Waals surface area contributed by atoms with Gasteiger partial charge in [-0.05, 0) is 18.2 Å². The normalized spacial score (nSPS) is 10.7. The Bertz CT molecular complexity index is 558. The van der Waals surface area contributed by atoms with E-state index in [2.05, 4.69) is 9.97 Å². The van der Waals surface area contributed by atoms with Gasteiger partial charge in [0.2, 0.25) is 0 Å². The van der Waals surface area contributed by atoms with Crippen LogP contribution >= 0.6 is 11.6 Å². The second-order valence-electron chi connectivity index (χ2n) is 3.60. The third-order valence-corrected chi connectivity index (χ3v) is 2.35. The molecule has 0 saturated carbocycles. The van der Waals surface area contributed by atoms with Crippen molar-refractivity contribution in [3.05, 3.63) is 46.7 Å². The minimum atomic E-state index is -0.693. The molecule has 6 heteroatoms. The Morgan fingerprint density at radius 3 is 2.39 bits per heavy atom. The molecule has 0 unspecified atom stereocenters. The second-order valence-corrected chi connectivity index (χ2v) is 3.98. The topological polar surface area (TPSA) is 35.0 Å². The summed E-state index contributed by atoms with van der Waals surface area (Å²) in [5, 5.41) is 0.191. The summed E-state index contributed by atoms with van der Waals surface area (Å²) in [4.78, 5) is 8.06. The van der Waals surface area contributed by atoms with E-state index in [1.807, 2.05) is 0 Å². The zero-order valence-electron chi connectivity index (χ0n) is 9.45. The van der Waals surface area contributed by atoms with Crippen molar-refractivity contribution < 1.29 is 13.5 Å². The maximum atomic E-state index is 13.1. The van der Waals surface area contributed by atoms with Crippen LogP contribution < -0.4 is 0 Å². The van der Waals surface area contributed by atoms with E-state index >= 15 is 0 Å². The molecular formula is C12H9ClF2N2O. The van der Waals surface area contributed by atoms with Crippen molar-refractivity contribution >= 4 is 11.6 Å². The first kappa shape index (κ1) is 12.9. The van der Waals surface area contributed by atoms with E-state index in [0.717, 1.165) is 18.2 Å². The van der Waals surface area contributed by atoms with Crippen molar-refractivity contribution in [2.24, 2.45) is 0 Å². The van der Waals surface area contributed by atoms with Gasteiger partial charge in [-0.1, -0.05) is 11.6 Å². The predicted molar refractivity (Wildman–Crippen MR) is 63.1 cm³/mol. The number of halogens is 3. The first-order chi connectivity index (χ1) is 8.58. The molecule has 0 radical (unpaired) electrons. The average Bonchev–Trinajstić information content (AvgIpc) is 2.27. The van der Waals surface area contributed by atoms with E-state index in [4.69, 9.17) is 16.3 Å². The highest BCUT2D eigenvalue weighted by Crippen LogP contribution is 2.20. The highest BCUT2D eigenvalue weighted by molar-refractivity contribution is 6.29. The van der Waals surface area contributed by atoms with Crippen LogP contribution in [0.4, 0.5) is 8.78 Å². The largest absolute Gasteiger partial charge is 0.378 e. The molecule has 2 rings (SSSR count). The lowest BCUT2D eigenvalue weighted by molar-refractivity contribution is 0.181. The summed E-state index contributed by atoms with van der Waals surface area (Å²) in [6.45, 7) is 0.243. The zero-order chi connectivity index (χ0) is 13.1. The lowest BCUT2D eigenvalue weighted by Crippen LogP contribution is -1.98. The van der Waals surface area contributed by atoms with Crippen LogP contribution in [-0.4, -0.2) is 17.1 Å². The fraction of sp³-hybridized carbons (Fsp3) is 0.167. The number of nitrogens with zero attached hydrogens (tertiary/aromatic N) is 2. The molecule has 1 aromatic carbocycles. The number of benzene rings is 1. The number of hydrogen-bond donors (Lipinski definition) is 0. The van der Waals surface area contributed by atoms with Crippen LogP contribution in [0.2, 0.25) is 5.15 Å². The average molecular weight is 271 g/mol. The molecule has 1 heterocycles. The van der Waals surface area contributed by atoms with E-state index < -0.39 is 11.6 Å². The molecule has 3 nitrogen and oxygen atoms in total. The molecule has 0 aliphatic heterocycles. The van der Waals surface area contributed by atoms with E-state index in [1.165, 1.54) is 13.2 Å². The molecule has 2 aromatic rings. The Morgan fingerprint density at radius 1 is 1.11 bits per heavy atom. The summed E-state index contributed by atoms with van der Waals surface area (Å²) in [7, 11) is 1.51.